The molecule has 3 aromatic rings. The van der Waals surface area contributed by atoms with Crippen molar-refractivity contribution in [3.63, 3.8) is 0 Å². The normalized spacial score (nSPS) is 17.5. The molecule has 1 fully saturated rings. The van der Waals surface area contributed by atoms with Crippen LogP contribution in [0.3, 0.4) is 0 Å². The monoisotopic (exact) mass is 380 g/mol. The number of nitrogens with one attached hydrogen (secondary N) is 2. The van der Waals surface area contributed by atoms with Crippen LogP contribution < -0.4 is 5.32 Å². The summed E-state index contributed by atoms with van der Waals surface area (Å²) in [6, 6.07) is 9.69. The number of likely N-dealkylation sites (tertiary alicyclic amines) is 1. The van der Waals surface area contributed by atoms with Gasteiger partial charge in [0.2, 0.25) is 11.8 Å². The largest absolute Gasteiger partial charge is 0.339 e. The first kappa shape index (κ1) is 18.4. The molecule has 1 aliphatic heterocycles. The molecule has 2 aromatic heterocycles. The van der Waals surface area contributed by atoms with Gasteiger partial charge >= 0.3 is 0 Å². The van der Waals surface area contributed by atoms with Crippen molar-refractivity contribution in [2.24, 2.45) is 5.92 Å². The summed E-state index contributed by atoms with van der Waals surface area (Å²) in [7, 11) is 0. The van der Waals surface area contributed by atoms with E-state index in [1.165, 1.54) is 0 Å². The Morgan fingerprint density at radius 2 is 2.18 bits per heavy atom. The molecule has 8 heteroatoms. The van der Waals surface area contributed by atoms with Gasteiger partial charge in [-0.2, -0.15) is 10.1 Å². The van der Waals surface area contributed by atoms with Crippen LogP contribution in [0.2, 0.25) is 0 Å². The van der Waals surface area contributed by atoms with E-state index in [1.807, 2.05) is 37.3 Å². The summed E-state index contributed by atoms with van der Waals surface area (Å²) >= 11 is 0. The summed E-state index contributed by atoms with van der Waals surface area (Å²) in [5, 5.41) is 13.9. The van der Waals surface area contributed by atoms with Gasteiger partial charge in [0, 0.05) is 24.8 Å². The molecule has 3 heterocycles. The molecule has 0 unspecified atom stereocenters. The Labute approximate surface area is 163 Å². The molecule has 1 saturated heterocycles. The van der Waals surface area contributed by atoms with Crippen molar-refractivity contribution >= 4 is 11.6 Å². The Hall–Kier alpha value is -3.00. The van der Waals surface area contributed by atoms with Gasteiger partial charge in [0.05, 0.1) is 18.2 Å². The molecule has 0 bridgehead atoms. The zero-order valence-electron chi connectivity index (χ0n) is 15.9. The quantitative estimate of drug-likeness (QED) is 0.682. The first-order valence-corrected chi connectivity index (χ1v) is 9.65. The van der Waals surface area contributed by atoms with Crippen molar-refractivity contribution in [3.8, 4) is 11.3 Å². The molecule has 8 nitrogen and oxygen atoms in total. The molecule has 1 atom stereocenters. The van der Waals surface area contributed by atoms with Crippen LogP contribution in [-0.4, -0.2) is 44.2 Å². The van der Waals surface area contributed by atoms with Gasteiger partial charge in [-0.3, -0.25) is 14.8 Å². The molecule has 28 heavy (non-hydrogen) atoms. The van der Waals surface area contributed by atoms with Gasteiger partial charge in [-0.1, -0.05) is 24.2 Å². The molecular formula is C20H24N6O2. The van der Waals surface area contributed by atoms with Crippen LogP contribution in [-0.2, 0) is 17.8 Å². The smallest absolute Gasteiger partial charge is 0.228 e. The van der Waals surface area contributed by atoms with Gasteiger partial charge in [-0.05, 0) is 43.1 Å². The second-order valence-electron chi connectivity index (χ2n) is 7.07. The third-order valence-corrected chi connectivity index (χ3v) is 5.02. The summed E-state index contributed by atoms with van der Waals surface area (Å²) < 4.78 is 5.17. The van der Waals surface area contributed by atoms with Gasteiger partial charge in [0.25, 0.3) is 0 Å². The zero-order chi connectivity index (χ0) is 19.3. The Kier molecular flexibility index (Phi) is 5.48. The lowest BCUT2D eigenvalue weighted by atomic mass is 9.97. The number of carbonyl (C=O) groups excluding carboxylic acids is 1. The van der Waals surface area contributed by atoms with E-state index in [-0.39, 0.29) is 11.8 Å². The molecule has 0 saturated carbocycles. The molecule has 146 valence electrons. The predicted octanol–water partition coefficient (Wildman–Crippen LogP) is 2.87. The summed E-state index contributed by atoms with van der Waals surface area (Å²) in [5.74, 6) is 1.35. The minimum absolute atomic E-state index is 0.0430. The molecule has 1 amide bonds. The number of hydrogen-bond donors (Lipinski definition) is 2. The van der Waals surface area contributed by atoms with E-state index >= 15 is 0 Å². The topological polar surface area (TPSA) is 99.9 Å². The maximum atomic E-state index is 12.7. The molecular weight excluding hydrogens is 356 g/mol. The van der Waals surface area contributed by atoms with Crippen molar-refractivity contribution in [2.75, 3.05) is 18.4 Å². The van der Waals surface area contributed by atoms with E-state index in [2.05, 4.69) is 30.6 Å². The van der Waals surface area contributed by atoms with Crippen molar-refractivity contribution < 1.29 is 9.32 Å². The van der Waals surface area contributed by atoms with E-state index < -0.39 is 0 Å². The van der Waals surface area contributed by atoms with Gasteiger partial charge in [0.1, 0.15) is 0 Å². The standard InChI is InChI=1S/C20H24N6O2/c1-2-19-23-18(25-28-19)13-26-11-3-4-15(12-26)20(27)22-16-7-5-14(6-8-16)17-9-10-21-24-17/h5-10,15H,2-4,11-13H2,1H3,(H,21,24)(H,22,27)/t15-/m0/s1. The zero-order valence-corrected chi connectivity index (χ0v) is 15.9. The lowest BCUT2D eigenvalue weighted by molar-refractivity contribution is -0.121. The van der Waals surface area contributed by atoms with Crippen LogP contribution in [0.4, 0.5) is 5.69 Å². The first-order chi connectivity index (χ1) is 13.7. The van der Waals surface area contributed by atoms with E-state index in [1.54, 1.807) is 6.20 Å². The number of aromatic nitrogens is 4. The third kappa shape index (κ3) is 4.28. The van der Waals surface area contributed by atoms with Crippen LogP contribution in [0.1, 0.15) is 31.5 Å². The lowest BCUT2D eigenvalue weighted by Crippen LogP contribution is -2.40. The number of aryl methyl sites for hydroxylation is 1. The van der Waals surface area contributed by atoms with Crippen molar-refractivity contribution in [3.05, 3.63) is 48.2 Å². The number of benzene rings is 1. The minimum Gasteiger partial charge on any atom is -0.339 e. The number of H-pyrrole nitrogens is 1. The second kappa shape index (κ2) is 8.35. The predicted molar refractivity (Wildman–Crippen MR) is 104 cm³/mol. The summed E-state index contributed by atoms with van der Waals surface area (Å²) in [6.45, 7) is 4.25. The van der Waals surface area contributed by atoms with Gasteiger partial charge in [0.15, 0.2) is 5.82 Å². The maximum Gasteiger partial charge on any atom is 0.228 e. The highest BCUT2D eigenvalue weighted by Crippen LogP contribution is 2.22. The second-order valence-corrected chi connectivity index (χ2v) is 7.07. The van der Waals surface area contributed by atoms with Crippen molar-refractivity contribution in [1.82, 2.24) is 25.2 Å². The van der Waals surface area contributed by atoms with Crippen LogP contribution in [0, 0.1) is 5.92 Å². The van der Waals surface area contributed by atoms with Crippen LogP contribution >= 0.6 is 0 Å². The van der Waals surface area contributed by atoms with E-state index in [9.17, 15) is 4.79 Å². The molecule has 1 aromatic carbocycles. The van der Waals surface area contributed by atoms with Crippen molar-refractivity contribution in [1.29, 1.82) is 0 Å². The van der Waals surface area contributed by atoms with Crippen molar-refractivity contribution in [2.45, 2.75) is 32.7 Å². The number of hydrogen-bond acceptors (Lipinski definition) is 6. The van der Waals surface area contributed by atoms with Crippen LogP contribution in [0.25, 0.3) is 11.3 Å². The van der Waals surface area contributed by atoms with Gasteiger partial charge < -0.3 is 9.84 Å². The molecule has 0 radical (unpaired) electrons. The van der Waals surface area contributed by atoms with Crippen LogP contribution in [0.15, 0.2) is 41.1 Å². The Morgan fingerprint density at radius 3 is 2.89 bits per heavy atom. The fraction of sp³-hybridized carbons (Fsp3) is 0.400. The van der Waals surface area contributed by atoms with Crippen LogP contribution in [0.5, 0.6) is 0 Å². The van der Waals surface area contributed by atoms with E-state index in [0.29, 0.717) is 24.8 Å². The first-order valence-electron chi connectivity index (χ1n) is 9.65. The van der Waals surface area contributed by atoms with E-state index in [4.69, 9.17) is 4.52 Å². The molecule has 0 aliphatic carbocycles. The highest BCUT2D eigenvalue weighted by atomic mass is 16.5. The summed E-state index contributed by atoms with van der Waals surface area (Å²) in [6.07, 6.45) is 4.32. The minimum atomic E-state index is -0.0430. The number of anilines is 1. The maximum absolute atomic E-state index is 12.7. The number of carbonyl (C=O) groups is 1. The molecule has 4 rings (SSSR count). The lowest BCUT2D eigenvalue weighted by Gasteiger charge is -2.31. The Bertz CT molecular complexity index is 903. The fourth-order valence-electron chi connectivity index (χ4n) is 3.51. The number of amides is 1. The molecule has 1 aliphatic rings. The molecule has 2 N–H and O–H groups in total. The highest BCUT2D eigenvalue weighted by molar-refractivity contribution is 5.93. The fourth-order valence-corrected chi connectivity index (χ4v) is 3.51. The molecule has 0 spiro atoms. The number of rotatable bonds is 6. The summed E-state index contributed by atoms with van der Waals surface area (Å²) in [4.78, 5) is 19.3. The Morgan fingerprint density at radius 1 is 1.32 bits per heavy atom. The average Bonchev–Trinajstić information content (AvgIpc) is 3.41. The number of piperidine rings is 1. The van der Waals surface area contributed by atoms with E-state index in [0.717, 1.165) is 42.8 Å². The SMILES string of the molecule is CCc1nc(CN2CCC[C@H](C(=O)Nc3ccc(-c4ccn[nH]4)cc3)C2)no1. The van der Waals surface area contributed by atoms with Gasteiger partial charge in [-0.25, -0.2) is 0 Å². The average molecular weight is 380 g/mol. The Balaban J connectivity index is 1.33. The van der Waals surface area contributed by atoms with Gasteiger partial charge in [-0.15, -0.1) is 0 Å². The number of nitrogens with zero attached hydrogens (tertiary/aromatic N) is 4. The third-order valence-electron chi connectivity index (χ3n) is 5.02. The highest BCUT2D eigenvalue weighted by Gasteiger charge is 2.26. The number of aromatic amines is 1. The summed E-state index contributed by atoms with van der Waals surface area (Å²) in [5.41, 5.74) is 2.79.